The van der Waals surface area contributed by atoms with Gasteiger partial charge in [-0.3, -0.25) is 9.59 Å². The van der Waals surface area contributed by atoms with E-state index in [0.717, 1.165) is 31.2 Å². The molecule has 1 aliphatic rings. The fourth-order valence-electron chi connectivity index (χ4n) is 3.40. The molecule has 0 spiro atoms. The van der Waals surface area contributed by atoms with E-state index in [0.29, 0.717) is 13.1 Å². The van der Waals surface area contributed by atoms with Gasteiger partial charge in [0.1, 0.15) is 0 Å². The van der Waals surface area contributed by atoms with Gasteiger partial charge in [-0.1, -0.05) is 44.2 Å². The average Bonchev–Trinajstić information content (AvgIpc) is 2.64. The molecule has 25 heavy (non-hydrogen) atoms. The van der Waals surface area contributed by atoms with Crippen molar-refractivity contribution < 1.29 is 14.7 Å². The largest absolute Gasteiger partial charge is 0.388 e. The Morgan fingerprint density at radius 2 is 1.76 bits per heavy atom. The minimum Gasteiger partial charge on any atom is -0.388 e. The van der Waals surface area contributed by atoms with E-state index in [1.807, 2.05) is 35.2 Å². The number of rotatable bonds is 7. The maximum absolute atomic E-state index is 12.4. The number of amides is 2. The van der Waals surface area contributed by atoms with Crippen LogP contribution in [0.25, 0.3) is 0 Å². The van der Waals surface area contributed by atoms with Crippen molar-refractivity contribution in [3.05, 3.63) is 35.9 Å². The van der Waals surface area contributed by atoms with Crippen LogP contribution in [0.15, 0.2) is 30.3 Å². The van der Waals surface area contributed by atoms with Crippen molar-refractivity contribution in [3.8, 4) is 0 Å². The lowest BCUT2D eigenvalue weighted by molar-refractivity contribution is -0.137. The van der Waals surface area contributed by atoms with Crippen LogP contribution in [0.4, 0.5) is 0 Å². The Bertz CT molecular complexity index is 549. The lowest BCUT2D eigenvalue weighted by Crippen LogP contribution is -2.48. The van der Waals surface area contributed by atoms with Gasteiger partial charge in [-0.2, -0.15) is 0 Å². The lowest BCUT2D eigenvalue weighted by atomic mass is 9.98. The SMILES string of the molecule is CCC(CC)C(=O)N1CCC(NC(=O)CC(O)c2ccccc2)CC1. The molecule has 1 heterocycles. The van der Waals surface area contributed by atoms with E-state index in [2.05, 4.69) is 19.2 Å². The fourth-order valence-corrected chi connectivity index (χ4v) is 3.40. The van der Waals surface area contributed by atoms with E-state index in [9.17, 15) is 14.7 Å². The predicted molar refractivity (Wildman–Crippen MR) is 97.8 cm³/mol. The highest BCUT2D eigenvalue weighted by Crippen LogP contribution is 2.19. The Labute approximate surface area is 150 Å². The molecule has 1 aliphatic heterocycles. The number of hydrogen-bond donors (Lipinski definition) is 2. The Morgan fingerprint density at radius 1 is 1.16 bits per heavy atom. The van der Waals surface area contributed by atoms with Crippen LogP contribution in [-0.4, -0.2) is 41.0 Å². The summed E-state index contributed by atoms with van der Waals surface area (Å²) in [5.41, 5.74) is 0.753. The molecule has 1 aromatic carbocycles. The Morgan fingerprint density at radius 3 is 2.32 bits per heavy atom. The molecule has 5 nitrogen and oxygen atoms in total. The fraction of sp³-hybridized carbons (Fsp3) is 0.600. The molecule has 1 fully saturated rings. The summed E-state index contributed by atoms with van der Waals surface area (Å²) in [6, 6.07) is 9.31. The number of carbonyl (C=O) groups excluding carboxylic acids is 2. The summed E-state index contributed by atoms with van der Waals surface area (Å²) < 4.78 is 0. The second-order valence-electron chi connectivity index (χ2n) is 6.81. The van der Waals surface area contributed by atoms with Crippen LogP contribution in [0.5, 0.6) is 0 Å². The topological polar surface area (TPSA) is 69.6 Å². The van der Waals surface area contributed by atoms with E-state index in [4.69, 9.17) is 0 Å². The van der Waals surface area contributed by atoms with Crippen LogP contribution in [0.2, 0.25) is 0 Å². The third-order valence-corrected chi connectivity index (χ3v) is 5.07. The first-order valence-corrected chi connectivity index (χ1v) is 9.36. The molecule has 138 valence electrons. The number of likely N-dealkylation sites (tertiary alicyclic amines) is 1. The van der Waals surface area contributed by atoms with E-state index in [-0.39, 0.29) is 30.2 Å². The highest BCUT2D eigenvalue weighted by molar-refractivity contribution is 5.79. The summed E-state index contributed by atoms with van der Waals surface area (Å²) in [5.74, 6) is 0.225. The number of carbonyl (C=O) groups is 2. The molecule has 2 N–H and O–H groups in total. The van der Waals surface area contributed by atoms with Gasteiger partial charge in [-0.25, -0.2) is 0 Å². The molecule has 2 amide bonds. The van der Waals surface area contributed by atoms with Gasteiger partial charge in [0.25, 0.3) is 0 Å². The first-order chi connectivity index (χ1) is 12.0. The monoisotopic (exact) mass is 346 g/mol. The second kappa shape index (κ2) is 9.56. The minimum absolute atomic E-state index is 0.0664. The van der Waals surface area contributed by atoms with Crippen molar-refractivity contribution in [2.45, 2.75) is 58.1 Å². The van der Waals surface area contributed by atoms with E-state index in [1.165, 1.54) is 0 Å². The number of nitrogens with one attached hydrogen (secondary N) is 1. The van der Waals surface area contributed by atoms with Crippen LogP contribution >= 0.6 is 0 Å². The van der Waals surface area contributed by atoms with Crippen molar-refractivity contribution in [2.75, 3.05) is 13.1 Å². The molecule has 0 aliphatic carbocycles. The van der Waals surface area contributed by atoms with Crippen LogP contribution in [-0.2, 0) is 9.59 Å². The van der Waals surface area contributed by atoms with Crippen LogP contribution < -0.4 is 5.32 Å². The molecule has 1 atom stereocenters. The molecule has 1 aromatic rings. The molecular weight excluding hydrogens is 316 g/mol. The summed E-state index contributed by atoms with van der Waals surface area (Å²) in [5, 5.41) is 13.1. The van der Waals surface area contributed by atoms with Gasteiger partial charge >= 0.3 is 0 Å². The zero-order valence-electron chi connectivity index (χ0n) is 15.3. The van der Waals surface area contributed by atoms with Gasteiger partial charge in [0.15, 0.2) is 0 Å². The lowest BCUT2D eigenvalue weighted by Gasteiger charge is -2.34. The van der Waals surface area contributed by atoms with E-state index in [1.54, 1.807) is 0 Å². The molecule has 5 heteroatoms. The molecule has 0 bridgehead atoms. The Hall–Kier alpha value is -1.88. The van der Waals surface area contributed by atoms with Gasteiger partial charge in [-0.05, 0) is 31.2 Å². The predicted octanol–water partition coefficient (Wildman–Crippen LogP) is 2.65. The van der Waals surface area contributed by atoms with Crippen molar-refractivity contribution in [1.29, 1.82) is 0 Å². The number of aliphatic hydroxyl groups is 1. The molecule has 1 unspecified atom stereocenters. The van der Waals surface area contributed by atoms with Crippen molar-refractivity contribution >= 4 is 11.8 Å². The van der Waals surface area contributed by atoms with Crippen molar-refractivity contribution in [3.63, 3.8) is 0 Å². The van der Waals surface area contributed by atoms with Crippen LogP contribution in [0.1, 0.15) is 57.6 Å². The van der Waals surface area contributed by atoms with Crippen LogP contribution in [0, 0.1) is 5.92 Å². The van der Waals surface area contributed by atoms with E-state index >= 15 is 0 Å². The zero-order chi connectivity index (χ0) is 18.2. The highest BCUT2D eigenvalue weighted by Gasteiger charge is 2.27. The number of aliphatic hydroxyl groups excluding tert-OH is 1. The Kier molecular flexibility index (Phi) is 7.44. The summed E-state index contributed by atoms with van der Waals surface area (Å²) in [6.45, 7) is 5.50. The van der Waals surface area contributed by atoms with Crippen molar-refractivity contribution in [1.82, 2.24) is 10.2 Å². The number of nitrogens with zero attached hydrogens (tertiary/aromatic N) is 1. The van der Waals surface area contributed by atoms with Crippen LogP contribution in [0.3, 0.4) is 0 Å². The van der Waals surface area contributed by atoms with Crippen molar-refractivity contribution in [2.24, 2.45) is 5.92 Å². The molecule has 1 saturated heterocycles. The summed E-state index contributed by atoms with van der Waals surface area (Å²) in [4.78, 5) is 26.5. The number of benzene rings is 1. The quantitative estimate of drug-likeness (QED) is 0.797. The third kappa shape index (κ3) is 5.56. The van der Waals surface area contributed by atoms with Gasteiger partial charge in [-0.15, -0.1) is 0 Å². The normalized spacial score (nSPS) is 16.7. The molecule has 2 rings (SSSR count). The summed E-state index contributed by atoms with van der Waals surface area (Å²) in [6.07, 6.45) is 2.60. The first-order valence-electron chi connectivity index (χ1n) is 9.36. The second-order valence-corrected chi connectivity index (χ2v) is 6.81. The average molecular weight is 346 g/mol. The highest BCUT2D eigenvalue weighted by atomic mass is 16.3. The van der Waals surface area contributed by atoms with Gasteiger partial charge in [0.2, 0.25) is 11.8 Å². The Balaban J connectivity index is 1.76. The smallest absolute Gasteiger partial charge is 0.225 e. The third-order valence-electron chi connectivity index (χ3n) is 5.07. The maximum Gasteiger partial charge on any atom is 0.225 e. The molecule has 0 saturated carbocycles. The molecule has 0 radical (unpaired) electrons. The van der Waals surface area contributed by atoms with Gasteiger partial charge in [0.05, 0.1) is 12.5 Å². The zero-order valence-corrected chi connectivity index (χ0v) is 15.3. The van der Waals surface area contributed by atoms with Gasteiger partial charge in [0, 0.05) is 25.0 Å². The maximum atomic E-state index is 12.4. The minimum atomic E-state index is -0.780. The number of piperidine rings is 1. The first kappa shape index (κ1) is 19.4. The summed E-state index contributed by atoms with van der Waals surface area (Å²) in [7, 11) is 0. The molecule has 0 aromatic heterocycles. The summed E-state index contributed by atoms with van der Waals surface area (Å²) >= 11 is 0. The van der Waals surface area contributed by atoms with Gasteiger partial charge < -0.3 is 15.3 Å². The number of hydrogen-bond acceptors (Lipinski definition) is 3. The molecular formula is C20H30N2O3. The standard InChI is InChI=1S/C20H30N2O3/c1-3-15(4-2)20(25)22-12-10-17(11-13-22)21-19(24)14-18(23)16-8-6-5-7-9-16/h5-9,15,17-18,23H,3-4,10-14H2,1-2H3,(H,21,24). The van der Waals surface area contributed by atoms with E-state index < -0.39 is 6.10 Å².